The van der Waals surface area contributed by atoms with E-state index in [9.17, 15) is 18.8 Å². The molecule has 4 amide bonds. The monoisotopic (exact) mass is 361 g/mol. The van der Waals surface area contributed by atoms with Crippen LogP contribution in [0.2, 0.25) is 0 Å². The molecule has 140 valence electrons. The van der Waals surface area contributed by atoms with Gasteiger partial charge in [-0.1, -0.05) is 25.7 Å². The maximum atomic E-state index is 13.1. The maximum absolute atomic E-state index is 13.1. The highest BCUT2D eigenvalue weighted by atomic mass is 19.1. The van der Waals surface area contributed by atoms with Crippen molar-refractivity contribution in [3.8, 4) is 0 Å². The van der Waals surface area contributed by atoms with Gasteiger partial charge in [-0.25, -0.2) is 9.18 Å². The van der Waals surface area contributed by atoms with Crippen LogP contribution in [0.25, 0.3) is 0 Å². The first-order valence-electron chi connectivity index (χ1n) is 9.17. The summed E-state index contributed by atoms with van der Waals surface area (Å²) in [4.78, 5) is 39.7. The highest BCUT2D eigenvalue weighted by Gasteiger charge is 2.44. The van der Waals surface area contributed by atoms with Gasteiger partial charge in [0.1, 0.15) is 18.4 Å². The lowest BCUT2D eigenvalue weighted by atomic mass is 10.1. The molecule has 0 bridgehead atoms. The van der Waals surface area contributed by atoms with Crippen LogP contribution in [0.4, 0.5) is 14.9 Å². The molecule has 3 rings (SSSR count). The molecule has 7 heteroatoms. The first-order chi connectivity index (χ1) is 12.5. The second-order valence-electron chi connectivity index (χ2n) is 6.99. The first kappa shape index (κ1) is 18.4. The zero-order valence-electron chi connectivity index (χ0n) is 14.9. The number of amides is 4. The van der Waals surface area contributed by atoms with Crippen LogP contribution >= 0.6 is 0 Å². The van der Waals surface area contributed by atoms with Gasteiger partial charge in [-0.3, -0.25) is 19.4 Å². The van der Waals surface area contributed by atoms with Gasteiger partial charge in [0.05, 0.1) is 0 Å². The predicted molar refractivity (Wildman–Crippen MR) is 95.1 cm³/mol. The Morgan fingerprint density at radius 3 is 2.35 bits per heavy atom. The Bertz CT molecular complexity index is 684. The van der Waals surface area contributed by atoms with Crippen LogP contribution < -0.4 is 10.2 Å². The average Bonchev–Trinajstić information content (AvgIpc) is 2.81. The van der Waals surface area contributed by atoms with E-state index in [2.05, 4.69) is 5.32 Å². The van der Waals surface area contributed by atoms with E-state index in [0.717, 1.165) is 30.6 Å². The van der Waals surface area contributed by atoms with Crippen molar-refractivity contribution in [2.24, 2.45) is 0 Å². The third kappa shape index (κ3) is 3.86. The number of carbonyl (C=O) groups excluding carboxylic acids is 3. The van der Waals surface area contributed by atoms with Gasteiger partial charge in [0.15, 0.2) is 0 Å². The van der Waals surface area contributed by atoms with Gasteiger partial charge in [0, 0.05) is 11.7 Å². The summed E-state index contributed by atoms with van der Waals surface area (Å²) in [6, 6.07) is 4.22. The molecular weight excluding hydrogens is 337 g/mol. The quantitative estimate of drug-likeness (QED) is 0.662. The Kier molecular flexibility index (Phi) is 5.54. The van der Waals surface area contributed by atoms with E-state index in [-0.39, 0.29) is 18.5 Å². The Hall–Kier alpha value is -2.44. The number of halogens is 1. The summed E-state index contributed by atoms with van der Waals surface area (Å²) in [7, 11) is 0. The zero-order chi connectivity index (χ0) is 18.7. The summed E-state index contributed by atoms with van der Waals surface area (Å²) in [6.45, 7) is 1.32. The minimum Gasteiger partial charge on any atom is -0.352 e. The van der Waals surface area contributed by atoms with Crippen molar-refractivity contribution in [2.45, 2.75) is 57.5 Å². The lowest BCUT2D eigenvalue weighted by Crippen LogP contribution is -2.44. The molecule has 1 aromatic rings. The van der Waals surface area contributed by atoms with Crippen LogP contribution in [-0.2, 0) is 9.59 Å². The number of anilines is 1. The molecular formula is C19H24FN3O3. The van der Waals surface area contributed by atoms with Crippen molar-refractivity contribution in [2.75, 3.05) is 11.4 Å². The molecule has 1 heterocycles. The third-order valence-electron chi connectivity index (χ3n) is 5.07. The molecule has 1 unspecified atom stereocenters. The van der Waals surface area contributed by atoms with Crippen LogP contribution in [0.15, 0.2) is 24.3 Å². The molecule has 2 aliphatic rings. The molecule has 1 saturated carbocycles. The van der Waals surface area contributed by atoms with Gasteiger partial charge >= 0.3 is 6.03 Å². The third-order valence-corrected chi connectivity index (χ3v) is 5.07. The van der Waals surface area contributed by atoms with Gasteiger partial charge in [0.2, 0.25) is 5.91 Å². The van der Waals surface area contributed by atoms with E-state index >= 15 is 0 Å². The van der Waals surface area contributed by atoms with Gasteiger partial charge in [-0.15, -0.1) is 0 Å². The number of urea groups is 1. The molecule has 26 heavy (non-hydrogen) atoms. The lowest BCUT2D eigenvalue weighted by molar-refractivity contribution is -0.132. The van der Waals surface area contributed by atoms with Crippen molar-refractivity contribution in [1.82, 2.24) is 10.2 Å². The molecule has 0 radical (unpaired) electrons. The molecule has 0 aromatic heterocycles. The minimum absolute atomic E-state index is 0.114. The van der Waals surface area contributed by atoms with Crippen LogP contribution in [0.5, 0.6) is 0 Å². The number of hydrogen-bond acceptors (Lipinski definition) is 3. The molecule has 2 fully saturated rings. The Morgan fingerprint density at radius 1 is 1.12 bits per heavy atom. The topological polar surface area (TPSA) is 69.7 Å². The fraction of sp³-hybridized carbons (Fsp3) is 0.526. The van der Waals surface area contributed by atoms with E-state index < -0.39 is 23.8 Å². The number of benzene rings is 1. The van der Waals surface area contributed by atoms with Crippen LogP contribution in [0.3, 0.4) is 0 Å². The summed E-state index contributed by atoms with van der Waals surface area (Å²) in [5, 5.41) is 2.95. The SMILES string of the molecule is CC1C(=O)N(CC(=O)NC2CCCCCC2)C(=O)N1c1ccc(F)cc1. The summed E-state index contributed by atoms with van der Waals surface area (Å²) < 4.78 is 13.1. The number of nitrogens with one attached hydrogen (secondary N) is 1. The zero-order valence-corrected chi connectivity index (χ0v) is 14.9. The fourth-order valence-corrected chi connectivity index (χ4v) is 3.65. The molecule has 6 nitrogen and oxygen atoms in total. The van der Waals surface area contributed by atoms with Crippen molar-refractivity contribution in [3.63, 3.8) is 0 Å². The molecule has 1 atom stereocenters. The fourth-order valence-electron chi connectivity index (χ4n) is 3.65. The Balaban J connectivity index is 1.66. The van der Waals surface area contributed by atoms with E-state index in [0.29, 0.717) is 5.69 Å². The van der Waals surface area contributed by atoms with Crippen molar-refractivity contribution >= 4 is 23.5 Å². The summed E-state index contributed by atoms with van der Waals surface area (Å²) in [5.41, 5.74) is 0.434. The number of hydrogen-bond donors (Lipinski definition) is 1. The first-order valence-corrected chi connectivity index (χ1v) is 9.17. The Morgan fingerprint density at radius 2 is 1.73 bits per heavy atom. The van der Waals surface area contributed by atoms with E-state index in [1.54, 1.807) is 6.92 Å². The molecule has 0 spiro atoms. The highest BCUT2D eigenvalue weighted by Crippen LogP contribution is 2.26. The molecule has 1 aliphatic heterocycles. The highest BCUT2D eigenvalue weighted by molar-refractivity contribution is 6.15. The molecule has 1 N–H and O–H groups in total. The normalized spacial score (nSPS) is 21.8. The maximum Gasteiger partial charge on any atom is 0.332 e. The summed E-state index contributed by atoms with van der Waals surface area (Å²) in [5.74, 6) is -1.15. The van der Waals surface area contributed by atoms with Crippen LogP contribution in [-0.4, -0.2) is 41.4 Å². The van der Waals surface area contributed by atoms with E-state index in [4.69, 9.17) is 0 Å². The predicted octanol–water partition coefficient (Wildman–Crippen LogP) is 2.82. The van der Waals surface area contributed by atoms with Gasteiger partial charge in [0.25, 0.3) is 5.91 Å². The number of nitrogens with zero attached hydrogens (tertiary/aromatic N) is 2. The van der Waals surface area contributed by atoms with Crippen molar-refractivity contribution < 1.29 is 18.8 Å². The number of carbonyl (C=O) groups is 3. The summed E-state index contributed by atoms with van der Waals surface area (Å²) >= 11 is 0. The largest absolute Gasteiger partial charge is 0.352 e. The van der Waals surface area contributed by atoms with E-state index in [1.165, 1.54) is 42.0 Å². The van der Waals surface area contributed by atoms with E-state index in [1.807, 2.05) is 0 Å². The molecule has 1 aromatic carbocycles. The standard InChI is InChI=1S/C19H24FN3O3/c1-13-18(25)22(12-17(24)21-15-6-4-2-3-5-7-15)19(26)23(13)16-10-8-14(20)9-11-16/h8-11,13,15H,2-7,12H2,1H3,(H,21,24). The second kappa shape index (κ2) is 7.85. The second-order valence-corrected chi connectivity index (χ2v) is 6.99. The van der Waals surface area contributed by atoms with Crippen LogP contribution in [0.1, 0.15) is 45.4 Å². The van der Waals surface area contributed by atoms with Crippen molar-refractivity contribution in [3.05, 3.63) is 30.1 Å². The smallest absolute Gasteiger partial charge is 0.332 e. The van der Waals surface area contributed by atoms with Crippen LogP contribution in [0, 0.1) is 5.82 Å². The number of rotatable bonds is 4. The van der Waals surface area contributed by atoms with Crippen molar-refractivity contribution in [1.29, 1.82) is 0 Å². The molecule has 1 aliphatic carbocycles. The van der Waals surface area contributed by atoms with Gasteiger partial charge < -0.3 is 5.32 Å². The minimum atomic E-state index is -0.723. The Labute approximate surface area is 152 Å². The van der Waals surface area contributed by atoms with Gasteiger partial charge in [-0.2, -0.15) is 0 Å². The van der Waals surface area contributed by atoms with Gasteiger partial charge in [-0.05, 0) is 44.0 Å². The average molecular weight is 361 g/mol. The number of imide groups is 1. The lowest BCUT2D eigenvalue weighted by Gasteiger charge is -2.20. The molecule has 1 saturated heterocycles. The summed E-state index contributed by atoms with van der Waals surface area (Å²) in [6.07, 6.45) is 6.40.